The molecule has 0 fully saturated rings. The van der Waals surface area contributed by atoms with E-state index < -0.39 is 12.0 Å². The van der Waals surface area contributed by atoms with Crippen molar-refractivity contribution in [1.29, 1.82) is 0 Å². The molecule has 0 heterocycles. The van der Waals surface area contributed by atoms with Gasteiger partial charge in [0.1, 0.15) is 29.6 Å². The molecule has 0 spiro atoms. The number of unbranched alkanes of at least 4 members (excludes halogenated alkanes) is 2. The minimum absolute atomic E-state index is 0.162. The Bertz CT molecular complexity index is 1160. The summed E-state index contributed by atoms with van der Waals surface area (Å²) >= 11 is 0. The molecule has 2 aromatic carbocycles. The van der Waals surface area contributed by atoms with E-state index in [4.69, 9.17) is 32.4 Å². The van der Waals surface area contributed by atoms with Gasteiger partial charge in [0.05, 0.1) is 13.2 Å². The lowest BCUT2D eigenvalue weighted by atomic mass is 10.1. The van der Waals surface area contributed by atoms with Crippen molar-refractivity contribution >= 4 is 30.2 Å². The number of nitrogens with two attached hydrogens (primary N) is 4. The highest BCUT2D eigenvalue weighted by Gasteiger charge is 2.15. The van der Waals surface area contributed by atoms with E-state index in [1.165, 1.54) is 12.2 Å². The third-order valence-electron chi connectivity index (χ3n) is 5.83. The lowest BCUT2D eigenvalue weighted by molar-refractivity contribution is -0.136. The summed E-state index contributed by atoms with van der Waals surface area (Å²) < 4.78 is 10.4. The maximum absolute atomic E-state index is 12.1. The number of aliphatic hydroxyl groups excluding tert-OH is 1. The smallest absolute Gasteiger partial charge is 0.328 e. The van der Waals surface area contributed by atoms with Gasteiger partial charge in [-0.15, -0.1) is 0 Å². The summed E-state index contributed by atoms with van der Waals surface area (Å²) in [5.74, 6) is 0.0875. The summed E-state index contributed by atoms with van der Waals surface area (Å²) in [4.78, 5) is 34.0. The van der Waals surface area contributed by atoms with E-state index in [2.05, 4.69) is 0 Å². The Morgan fingerprint density at radius 3 is 1.86 bits per heavy atom. The first-order valence-electron chi connectivity index (χ1n) is 13.9. The Morgan fingerprint density at radius 2 is 1.33 bits per heavy atom. The second-order valence-corrected chi connectivity index (χ2v) is 9.38. The van der Waals surface area contributed by atoms with Gasteiger partial charge in [-0.1, -0.05) is 49.3 Å². The number of carbonyl (C=O) groups excluding carboxylic acids is 3. The molecule has 10 heteroatoms. The molecular formula is C32H44N4O6. The number of hydrogen-bond donors (Lipinski definition) is 5. The highest BCUT2D eigenvalue weighted by molar-refractivity contribution is 6.02. The number of aliphatic hydroxyl groups is 1. The summed E-state index contributed by atoms with van der Waals surface area (Å²) in [6.07, 6.45) is 12.8. The first-order valence-corrected chi connectivity index (χ1v) is 13.9. The Morgan fingerprint density at radius 1 is 0.810 bits per heavy atom. The second-order valence-electron chi connectivity index (χ2n) is 9.38. The van der Waals surface area contributed by atoms with Gasteiger partial charge in [-0.25, -0.2) is 4.79 Å². The Labute approximate surface area is 248 Å². The summed E-state index contributed by atoms with van der Waals surface area (Å²) in [6.45, 7) is 1.25. The number of rotatable bonds is 17. The molecule has 0 saturated carbocycles. The van der Waals surface area contributed by atoms with Crippen molar-refractivity contribution in [2.45, 2.75) is 50.6 Å². The van der Waals surface area contributed by atoms with Crippen LogP contribution in [-0.4, -0.2) is 55.4 Å². The molecule has 0 aliphatic rings. The average Bonchev–Trinajstić information content (AvgIpc) is 3.00. The fourth-order valence-corrected chi connectivity index (χ4v) is 3.37. The van der Waals surface area contributed by atoms with Crippen LogP contribution in [-0.2, 0) is 14.4 Å². The Kier molecular flexibility index (Phi) is 18.5. The number of hydrogen-bond acceptors (Lipinski definition) is 10. The summed E-state index contributed by atoms with van der Waals surface area (Å²) in [5.41, 5.74) is 23.4. The van der Waals surface area contributed by atoms with E-state index in [0.29, 0.717) is 25.3 Å². The number of benzene rings is 2. The van der Waals surface area contributed by atoms with Crippen LogP contribution in [0.3, 0.4) is 0 Å². The molecule has 0 aliphatic carbocycles. The zero-order valence-electron chi connectivity index (χ0n) is 24.2. The summed E-state index contributed by atoms with van der Waals surface area (Å²) in [7, 11) is 1.59. The van der Waals surface area contributed by atoms with E-state index >= 15 is 0 Å². The molecule has 2 rings (SSSR count). The number of allylic oxidation sites excluding steroid dienone is 3. The van der Waals surface area contributed by atoms with Gasteiger partial charge in [0.15, 0.2) is 5.78 Å². The van der Waals surface area contributed by atoms with Crippen molar-refractivity contribution in [1.82, 2.24) is 0 Å². The zero-order chi connectivity index (χ0) is 31.2. The molecule has 2 aromatic rings. The minimum atomic E-state index is -0.688. The van der Waals surface area contributed by atoms with Crippen molar-refractivity contribution in [2.24, 2.45) is 22.9 Å². The van der Waals surface area contributed by atoms with Gasteiger partial charge in [0, 0.05) is 6.08 Å². The number of methoxy groups -OCH3 is 1. The topological polar surface area (TPSA) is 194 Å². The third-order valence-corrected chi connectivity index (χ3v) is 5.83. The average molecular weight is 581 g/mol. The number of ketones is 1. The van der Waals surface area contributed by atoms with Gasteiger partial charge in [-0.3, -0.25) is 4.79 Å². The van der Waals surface area contributed by atoms with E-state index in [9.17, 15) is 19.5 Å². The van der Waals surface area contributed by atoms with Crippen molar-refractivity contribution < 1.29 is 29.0 Å². The number of aldehydes is 1. The van der Waals surface area contributed by atoms with Crippen LogP contribution in [0.15, 0.2) is 72.5 Å². The van der Waals surface area contributed by atoms with Gasteiger partial charge in [0.2, 0.25) is 0 Å². The molecule has 0 amide bonds. The first kappa shape index (κ1) is 35.9. The van der Waals surface area contributed by atoms with Crippen LogP contribution in [0.2, 0.25) is 0 Å². The van der Waals surface area contributed by atoms with Crippen LogP contribution >= 0.6 is 0 Å². The standard InChI is InChI=1S/C26H30N2O5.C6H14N2O/c1-32-23-13-7-19(8-14-23)5-11-21(29)18-22(30)12-6-20-9-15-24(16-10-20)33-26(31)25(28)4-2-3-17-27;7-4-2-1-3-6(8)5-9/h5-16,18,25,29H,2-4,17,27-28H2,1H3;5-6H,1-4,7-8H2/b11-5+,12-6+,21-18-;. The zero-order valence-corrected chi connectivity index (χ0v) is 24.2. The van der Waals surface area contributed by atoms with Gasteiger partial charge in [0.25, 0.3) is 0 Å². The monoisotopic (exact) mass is 580 g/mol. The normalized spacial score (nSPS) is 12.8. The second kappa shape index (κ2) is 21.6. The maximum Gasteiger partial charge on any atom is 0.328 e. The quantitative estimate of drug-likeness (QED) is 0.0352. The number of carbonyl (C=O) groups is 3. The molecule has 0 radical (unpaired) electrons. The fraction of sp³-hybridized carbons (Fsp3) is 0.344. The number of ether oxygens (including phenoxy) is 2. The van der Waals surface area contributed by atoms with Crippen LogP contribution in [0, 0.1) is 0 Å². The largest absolute Gasteiger partial charge is 0.508 e. The van der Waals surface area contributed by atoms with Crippen LogP contribution in [0.1, 0.15) is 49.7 Å². The molecule has 0 saturated heterocycles. The number of esters is 1. The maximum atomic E-state index is 12.1. The SMILES string of the molecule is COc1ccc(/C=C/C(O)=C/C(=O)/C=C/c2ccc(OC(=O)C(N)CCCCN)cc2)cc1.NCCCCC(N)C=O. The van der Waals surface area contributed by atoms with Crippen LogP contribution in [0.5, 0.6) is 11.5 Å². The van der Waals surface area contributed by atoms with Crippen molar-refractivity contribution in [3.8, 4) is 11.5 Å². The summed E-state index contributed by atoms with van der Waals surface area (Å²) in [6, 6.07) is 13.0. The van der Waals surface area contributed by atoms with E-state index in [-0.39, 0.29) is 17.6 Å². The van der Waals surface area contributed by atoms with Crippen LogP contribution in [0.4, 0.5) is 0 Å². The van der Waals surface area contributed by atoms with Crippen molar-refractivity contribution in [2.75, 3.05) is 20.2 Å². The molecule has 0 aromatic heterocycles. The highest BCUT2D eigenvalue weighted by atomic mass is 16.5. The van der Waals surface area contributed by atoms with Gasteiger partial charge in [-0.05, 0) is 86.3 Å². The minimum Gasteiger partial charge on any atom is -0.508 e. The predicted molar refractivity (Wildman–Crippen MR) is 167 cm³/mol. The molecule has 2 unspecified atom stereocenters. The molecule has 9 N–H and O–H groups in total. The summed E-state index contributed by atoms with van der Waals surface area (Å²) in [5, 5.41) is 9.94. The lowest BCUT2D eigenvalue weighted by Crippen LogP contribution is -2.34. The molecule has 42 heavy (non-hydrogen) atoms. The third kappa shape index (κ3) is 16.2. The Hall–Kier alpha value is -4.09. The molecule has 0 aliphatic heterocycles. The molecule has 0 bridgehead atoms. The van der Waals surface area contributed by atoms with Crippen molar-refractivity contribution in [3.63, 3.8) is 0 Å². The van der Waals surface area contributed by atoms with Gasteiger partial charge < -0.3 is 42.3 Å². The molecule has 2 atom stereocenters. The Balaban J connectivity index is 0.000000844. The molecular weight excluding hydrogens is 536 g/mol. The van der Waals surface area contributed by atoms with E-state index in [1.54, 1.807) is 55.7 Å². The predicted octanol–water partition coefficient (Wildman–Crippen LogP) is 3.44. The lowest BCUT2D eigenvalue weighted by Gasteiger charge is -2.11. The van der Waals surface area contributed by atoms with Gasteiger partial charge in [-0.2, -0.15) is 0 Å². The highest BCUT2D eigenvalue weighted by Crippen LogP contribution is 2.15. The first-order chi connectivity index (χ1) is 20.2. The van der Waals surface area contributed by atoms with Crippen LogP contribution in [0.25, 0.3) is 12.2 Å². The fourth-order valence-electron chi connectivity index (χ4n) is 3.37. The van der Waals surface area contributed by atoms with E-state index in [1.807, 2.05) is 12.1 Å². The van der Waals surface area contributed by atoms with E-state index in [0.717, 1.165) is 61.3 Å². The van der Waals surface area contributed by atoms with Crippen LogP contribution < -0.4 is 32.4 Å². The molecule has 10 nitrogen and oxygen atoms in total. The van der Waals surface area contributed by atoms with Crippen molar-refractivity contribution in [3.05, 3.63) is 83.6 Å². The molecule has 228 valence electrons. The van der Waals surface area contributed by atoms with Gasteiger partial charge >= 0.3 is 5.97 Å².